The van der Waals surface area contributed by atoms with E-state index in [1.54, 1.807) is 40.9 Å². The van der Waals surface area contributed by atoms with Crippen molar-refractivity contribution in [2.45, 2.75) is 124 Å². The molecule has 7 rings (SSSR count). The van der Waals surface area contributed by atoms with E-state index in [0.717, 1.165) is 29.2 Å². The molecule has 0 bridgehead atoms. The molecule has 62 heavy (non-hydrogen) atoms. The molecule has 326 valence electrons. The van der Waals surface area contributed by atoms with Gasteiger partial charge < -0.3 is 47.9 Å². The molecule has 16 heteroatoms. The molecular formula is C46H58B2N4O9Si. The van der Waals surface area contributed by atoms with E-state index in [0.29, 0.717) is 69.3 Å². The molecule has 0 spiro atoms. The van der Waals surface area contributed by atoms with Crippen LogP contribution in [0.3, 0.4) is 0 Å². The minimum Gasteiger partial charge on any atom is -0.493 e. The zero-order valence-electron chi connectivity index (χ0n) is 37.8. The molecule has 0 fully saturated rings. The Kier molecular flexibility index (Phi) is 12.3. The van der Waals surface area contributed by atoms with E-state index in [9.17, 15) is 24.2 Å². The van der Waals surface area contributed by atoms with Crippen LogP contribution in [0.25, 0.3) is 0 Å². The van der Waals surface area contributed by atoms with Crippen LogP contribution in [0.15, 0.2) is 66.0 Å². The summed E-state index contributed by atoms with van der Waals surface area (Å²) in [5, 5.41) is 10.9. The minimum absolute atomic E-state index is 0.0214. The highest BCUT2D eigenvalue weighted by Gasteiger charge is 2.48. The third-order valence-electron chi connectivity index (χ3n) is 13.1. The first-order valence-electron chi connectivity index (χ1n) is 21.3. The predicted octanol–water partition coefficient (Wildman–Crippen LogP) is 7.24. The number of fused-ring (bicyclic) bond motifs is 4. The Labute approximate surface area is 367 Å². The van der Waals surface area contributed by atoms with E-state index in [2.05, 4.69) is 33.9 Å². The van der Waals surface area contributed by atoms with Crippen LogP contribution < -0.4 is 23.8 Å². The highest BCUT2D eigenvalue weighted by Crippen LogP contribution is 2.45. The molecule has 4 atom stereocenters. The highest BCUT2D eigenvalue weighted by atomic mass is 28.4. The lowest BCUT2D eigenvalue weighted by atomic mass is 9.80. The number of carbonyl (C=O) groups excluding carboxylic acids is 4. The first-order chi connectivity index (χ1) is 29.3. The molecule has 0 saturated heterocycles. The molecule has 3 aromatic carbocycles. The van der Waals surface area contributed by atoms with Gasteiger partial charge in [0.1, 0.15) is 37.7 Å². The quantitative estimate of drug-likeness (QED) is 0.138. The normalized spacial score (nSPS) is 20.9. The smallest absolute Gasteiger partial charge is 0.409 e. The van der Waals surface area contributed by atoms with Crippen LogP contribution in [0, 0.1) is 6.92 Å². The Morgan fingerprint density at radius 2 is 1.39 bits per heavy atom. The number of amides is 2. The molecule has 2 amide bonds. The number of nitrogens with zero attached hydrogens (tertiary/aromatic N) is 4. The van der Waals surface area contributed by atoms with Crippen molar-refractivity contribution in [2.24, 2.45) is 0 Å². The first-order valence-corrected chi connectivity index (χ1v) is 24.2. The van der Waals surface area contributed by atoms with Gasteiger partial charge in [0.05, 0.1) is 30.3 Å². The van der Waals surface area contributed by atoms with E-state index in [-0.39, 0.29) is 55.6 Å². The maximum absolute atomic E-state index is 14.3. The number of aryl methyl sites for hydroxylation is 1. The van der Waals surface area contributed by atoms with Gasteiger partial charge in [0.15, 0.2) is 19.8 Å². The highest BCUT2D eigenvalue weighted by molar-refractivity contribution is 6.74. The van der Waals surface area contributed by atoms with Gasteiger partial charge in [-0.2, -0.15) is 0 Å². The molecule has 0 radical (unpaired) electrons. The largest absolute Gasteiger partial charge is 0.493 e. The van der Waals surface area contributed by atoms with Gasteiger partial charge in [-0.15, -0.1) is 0 Å². The van der Waals surface area contributed by atoms with Crippen LogP contribution in [0.2, 0.25) is 25.0 Å². The summed E-state index contributed by atoms with van der Waals surface area (Å²) < 4.78 is 25.7. The first kappa shape index (κ1) is 44.7. The fourth-order valence-corrected chi connectivity index (χ4v) is 10.2. The van der Waals surface area contributed by atoms with Crippen molar-refractivity contribution in [3.8, 4) is 17.2 Å². The number of rotatable bonds is 13. The SMILES string of the molecule is COc1cc2c(cc1OCc1cc(C=O)cc(COc3cc4c(cc3C)C(=O)N3C=C(C)C[C@H]3[C@H](O[Si](C)(C)C(C)(C)C)N4BC=O)c1)N(B(C)O)[C@@H](C)[C@@H]1CC(C)=CN1C2=O. The molecule has 4 heterocycles. The van der Waals surface area contributed by atoms with Crippen molar-refractivity contribution >= 4 is 58.4 Å². The number of carbonyl (C=O) groups is 4. The van der Waals surface area contributed by atoms with Crippen molar-refractivity contribution < 1.29 is 42.8 Å². The van der Waals surface area contributed by atoms with E-state index in [4.69, 9.17) is 18.6 Å². The number of aldehydes is 1. The van der Waals surface area contributed by atoms with Crippen LogP contribution in [-0.4, -0.2) is 93.4 Å². The Morgan fingerprint density at radius 3 is 1.95 bits per heavy atom. The van der Waals surface area contributed by atoms with Crippen LogP contribution in [0.5, 0.6) is 17.2 Å². The van der Waals surface area contributed by atoms with Gasteiger partial charge in [0.2, 0.25) is 0 Å². The van der Waals surface area contributed by atoms with E-state index < -0.39 is 21.6 Å². The maximum atomic E-state index is 14.3. The maximum Gasteiger partial charge on any atom is 0.409 e. The second kappa shape index (κ2) is 17.1. The molecule has 4 aliphatic heterocycles. The second-order valence-electron chi connectivity index (χ2n) is 18.7. The topological polar surface area (TPSA) is 138 Å². The fraction of sp³-hybridized carbons (Fsp3) is 0.435. The molecule has 3 aromatic rings. The third kappa shape index (κ3) is 8.31. The third-order valence-corrected chi connectivity index (χ3v) is 17.6. The van der Waals surface area contributed by atoms with Crippen molar-refractivity contribution in [3.63, 3.8) is 0 Å². The summed E-state index contributed by atoms with van der Waals surface area (Å²) in [5.74, 6) is 0.916. The van der Waals surface area contributed by atoms with Crippen LogP contribution >= 0.6 is 0 Å². The molecule has 13 nitrogen and oxygen atoms in total. The van der Waals surface area contributed by atoms with Crippen molar-refractivity contribution in [2.75, 3.05) is 16.7 Å². The molecule has 1 N–H and O–H groups in total. The van der Waals surface area contributed by atoms with Gasteiger partial charge in [-0.25, -0.2) is 0 Å². The van der Waals surface area contributed by atoms with E-state index in [1.807, 2.05) is 67.9 Å². The zero-order valence-corrected chi connectivity index (χ0v) is 38.8. The lowest BCUT2D eigenvalue weighted by Crippen LogP contribution is -2.57. The number of hydrogen-bond donors (Lipinski definition) is 1. The Hall–Kier alpha value is -5.31. The van der Waals surface area contributed by atoms with Crippen molar-refractivity contribution in [3.05, 3.63) is 99.4 Å². The summed E-state index contributed by atoms with van der Waals surface area (Å²) in [6.45, 7) is 20.6. The molecule has 0 aromatic heterocycles. The van der Waals surface area contributed by atoms with E-state index in [1.165, 1.54) is 7.11 Å². The Balaban J connectivity index is 1.17. The lowest BCUT2D eigenvalue weighted by molar-refractivity contribution is 0.0638. The van der Waals surface area contributed by atoms with Gasteiger partial charge in [0.25, 0.3) is 11.8 Å². The molecule has 0 aliphatic carbocycles. The average Bonchev–Trinajstić information content (AvgIpc) is 3.78. The number of benzene rings is 3. The molecule has 0 saturated carbocycles. The molecule has 0 unspecified atom stereocenters. The van der Waals surface area contributed by atoms with Gasteiger partial charge in [0, 0.05) is 47.5 Å². The van der Waals surface area contributed by atoms with E-state index >= 15 is 0 Å². The number of methoxy groups -OCH3 is 1. The number of anilines is 2. The fourth-order valence-electron chi connectivity index (χ4n) is 8.96. The van der Waals surface area contributed by atoms with Gasteiger partial charge in [-0.1, -0.05) is 31.9 Å². The summed E-state index contributed by atoms with van der Waals surface area (Å²) >= 11 is 0. The monoisotopic (exact) mass is 860 g/mol. The second-order valence-corrected chi connectivity index (χ2v) is 23.5. The van der Waals surface area contributed by atoms with Crippen molar-refractivity contribution in [1.29, 1.82) is 0 Å². The number of ether oxygens (including phenoxy) is 3. The number of hydrogen-bond acceptors (Lipinski definition) is 11. The summed E-state index contributed by atoms with van der Waals surface area (Å²) in [6, 6.07) is 11.8. The Bertz CT molecular complexity index is 2360. The summed E-state index contributed by atoms with van der Waals surface area (Å²) in [4.78, 5) is 60.1. The van der Waals surface area contributed by atoms with Crippen LogP contribution in [0.1, 0.15) is 102 Å². The van der Waals surface area contributed by atoms with Crippen LogP contribution in [-0.2, 0) is 22.4 Å². The molecular weight excluding hydrogens is 802 g/mol. The van der Waals surface area contributed by atoms with Gasteiger partial charge in [-0.3, -0.25) is 14.4 Å². The zero-order chi connectivity index (χ0) is 45.0. The van der Waals surface area contributed by atoms with Crippen LogP contribution in [0.4, 0.5) is 11.4 Å². The predicted molar refractivity (Wildman–Crippen MR) is 246 cm³/mol. The van der Waals surface area contributed by atoms with Gasteiger partial charge >= 0.3 is 14.5 Å². The van der Waals surface area contributed by atoms with Gasteiger partial charge in [-0.05, 0) is 113 Å². The standard InChI is InChI=1S/C46H58B2N4O9Si/c1-27-12-36-30(4)52(48(8)57)38-20-42(41(58-9)18-35(38)44(56)49(36)21-27)60-25-33-16-31(23-53)15-32(17-33)24-59-40-19-37-34(14-29(40)3)43(55)50-22-28(2)13-39(50)45(51(37)47-26-54)61-62(10,11)46(5,6)7/h14-23,26,30,36,39,45,47,57H,12-13,24-25H2,1-11H3/t30-,36-,39-,45-/m0/s1. The lowest BCUT2D eigenvalue weighted by Gasteiger charge is -2.45. The summed E-state index contributed by atoms with van der Waals surface area (Å²) in [7, 11) is -1.75. The molecule has 4 aliphatic rings. The summed E-state index contributed by atoms with van der Waals surface area (Å²) in [5.41, 5.74) is 6.70. The average molecular weight is 861 g/mol. The van der Waals surface area contributed by atoms with Crippen molar-refractivity contribution in [1.82, 2.24) is 9.80 Å². The summed E-state index contributed by atoms with van der Waals surface area (Å²) in [6.07, 6.45) is 6.17. The Morgan fingerprint density at radius 1 is 0.823 bits per heavy atom. The minimum atomic E-state index is -2.40.